The van der Waals surface area contributed by atoms with E-state index in [0.29, 0.717) is 19.3 Å². The van der Waals surface area contributed by atoms with Crippen molar-refractivity contribution in [2.24, 2.45) is 5.92 Å². The predicted octanol–water partition coefficient (Wildman–Crippen LogP) is 2.59. The zero-order valence-corrected chi connectivity index (χ0v) is 18.7. The van der Waals surface area contributed by atoms with E-state index < -0.39 is 56.9 Å². The number of alkyl halides is 4. The average molecular weight is 504 g/mol. The fraction of sp³-hybridized carbons (Fsp3) is 0.850. The van der Waals surface area contributed by atoms with Crippen LogP contribution in [0.25, 0.3) is 0 Å². The summed E-state index contributed by atoms with van der Waals surface area (Å²) >= 11 is 0. The van der Waals surface area contributed by atoms with Crippen molar-refractivity contribution in [1.82, 2.24) is 0 Å². The lowest BCUT2D eigenvalue weighted by Gasteiger charge is -2.62. The number of carbonyl (C=O) groups is 1. The van der Waals surface area contributed by atoms with Crippen molar-refractivity contribution >= 4 is 16.1 Å². The van der Waals surface area contributed by atoms with Crippen LogP contribution in [0.2, 0.25) is 0 Å². The molecule has 4 aliphatic carbocycles. The third-order valence-corrected chi connectivity index (χ3v) is 7.56. The second-order valence-corrected chi connectivity index (χ2v) is 11.3. The Morgan fingerprint density at radius 3 is 2.12 bits per heavy atom. The van der Waals surface area contributed by atoms with Crippen LogP contribution in [0.5, 0.6) is 0 Å². The van der Waals surface area contributed by atoms with Gasteiger partial charge < -0.3 is 19.7 Å². The highest BCUT2D eigenvalue weighted by Crippen LogP contribution is 2.60. The number of ether oxygens (including phenoxy) is 2. The van der Waals surface area contributed by atoms with Crippen molar-refractivity contribution < 1.29 is 55.0 Å². The summed E-state index contributed by atoms with van der Waals surface area (Å²) in [5.74, 6) is -5.69. The second kappa shape index (κ2) is 8.43. The molecule has 0 aromatic rings. The number of hydrogen-bond acceptors (Lipinski definition) is 7. The number of unbranched alkanes of at least 4 members (excludes halogenated alkanes) is 1. The van der Waals surface area contributed by atoms with Gasteiger partial charge in [-0.1, -0.05) is 6.58 Å². The van der Waals surface area contributed by atoms with Gasteiger partial charge in [-0.05, 0) is 38.0 Å². The minimum atomic E-state index is -6.26. The molecule has 0 heterocycles. The first-order valence-electron chi connectivity index (χ1n) is 10.6. The molecule has 0 amide bonds. The van der Waals surface area contributed by atoms with Crippen LogP contribution in [0, 0.1) is 5.92 Å². The van der Waals surface area contributed by atoms with Gasteiger partial charge in [-0.3, -0.25) is 4.55 Å². The minimum Gasteiger partial charge on any atom is -0.455 e. The molecule has 8 nitrogen and oxygen atoms in total. The van der Waals surface area contributed by atoms with Gasteiger partial charge in [-0.25, -0.2) is 4.79 Å². The van der Waals surface area contributed by atoms with Gasteiger partial charge in [0.05, 0.1) is 23.4 Å². The van der Waals surface area contributed by atoms with Crippen molar-refractivity contribution in [1.29, 1.82) is 0 Å². The maximum Gasteiger partial charge on any atom is 0.431 e. The summed E-state index contributed by atoms with van der Waals surface area (Å²) in [5.41, 5.74) is -3.23. The molecule has 4 bridgehead atoms. The summed E-state index contributed by atoms with van der Waals surface area (Å²) in [6.45, 7) is 3.05. The van der Waals surface area contributed by atoms with E-state index in [-0.39, 0.29) is 50.4 Å². The van der Waals surface area contributed by atoms with E-state index in [1.54, 1.807) is 0 Å². The fourth-order valence-electron chi connectivity index (χ4n) is 5.77. The van der Waals surface area contributed by atoms with E-state index in [4.69, 9.17) is 14.0 Å². The number of esters is 1. The maximum absolute atomic E-state index is 13.4. The molecule has 33 heavy (non-hydrogen) atoms. The van der Waals surface area contributed by atoms with Crippen LogP contribution in [-0.4, -0.2) is 70.3 Å². The molecule has 0 aliphatic heterocycles. The van der Waals surface area contributed by atoms with Gasteiger partial charge in [0, 0.05) is 32.3 Å². The summed E-state index contributed by atoms with van der Waals surface area (Å²) in [6.07, 6.45) is 0.141. The second-order valence-electron chi connectivity index (χ2n) is 9.84. The topological polar surface area (TPSA) is 130 Å². The van der Waals surface area contributed by atoms with Crippen LogP contribution in [0.1, 0.15) is 57.8 Å². The summed E-state index contributed by atoms with van der Waals surface area (Å²) in [4.78, 5) is 12.5. The Labute approximate surface area is 188 Å². The summed E-state index contributed by atoms with van der Waals surface area (Å²) < 4.78 is 93.0. The molecule has 13 heteroatoms. The van der Waals surface area contributed by atoms with Gasteiger partial charge >= 0.3 is 27.3 Å². The summed E-state index contributed by atoms with van der Waals surface area (Å²) in [5, 5.41) is 15.8. The molecule has 0 aromatic heterocycles. The number of rotatable bonds is 11. The molecule has 4 rings (SSSR count). The van der Waals surface area contributed by atoms with E-state index in [9.17, 15) is 41.0 Å². The van der Waals surface area contributed by atoms with Gasteiger partial charge in [-0.15, -0.1) is 0 Å². The highest BCUT2D eigenvalue weighted by atomic mass is 32.2. The number of halogens is 4. The minimum absolute atomic E-state index is 0.0416. The lowest BCUT2D eigenvalue weighted by molar-refractivity contribution is -0.260. The van der Waals surface area contributed by atoms with E-state index >= 15 is 0 Å². The molecule has 190 valence electrons. The number of carbonyl (C=O) groups excluding carboxylic acids is 1. The first-order valence-corrected chi connectivity index (χ1v) is 12.0. The highest BCUT2D eigenvalue weighted by Gasteiger charge is 2.65. The van der Waals surface area contributed by atoms with Crippen molar-refractivity contribution in [2.75, 3.05) is 13.2 Å². The van der Waals surface area contributed by atoms with E-state index in [0.717, 1.165) is 0 Å². The predicted molar refractivity (Wildman–Crippen MR) is 105 cm³/mol. The average Bonchev–Trinajstić information content (AvgIpc) is 2.59. The first kappa shape index (κ1) is 26.3. The largest absolute Gasteiger partial charge is 0.455 e. The highest BCUT2D eigenvalue weighted by molar-refractivity contribution is 7.87. The molecule has 0 spiro atoms. The van der Waals surface area contributed by atoms with Crippen LogP contribution in [0.15, 0.2) is 12.2 Å². The summed E-state index contributed by atoms with van der Waals surface area (Å²) in [6, 6.07) is 0. The fourth-order valence-corrected chi connectivity index (χ4v) is 6.25. The SMILES string of the molecule is C=C(COCCCCC(F)(F)C(F)(F)S(=O)(=O)O)C(=O)OC12CC3CC(O)(CC(O)(C3)C1)C2. The van der Waals surface area contributed by atoms with Crippen LogP contribution < -0.4 is 0 Å². The molecule has 0 aromatic carbocycles. The Kier molecular flexibility index (Phi) is 6.73. The molecule has 4 saturated carbocycles. The quantitative estimate of drug-likeness (QED) is 0.129. The van der Waals surface area contributed by atoms with Crippen molar-refractivity contribution in [2.45, 2.75) is 85.8 Å². The lowest BCUT2D eigenvalue weighted by Crippen LogP contribution is -2.67. The Morgan fingerprint density at radius 2 is 1.61 bits per heavy atom. The molecule has 0 saturated heterocycles. The van der Waals surface area contributed by atoms with Gasteiger partial charge in [0.2, 0.25) is 0 Å². The normalized spacial score (nSPS) is 33.8. The molecular formula is C20H28F4O8S. The van der Waals surface area contributed by atoms with Gasteiger partial charge in [0.25, 0.3) is 0 Å². The van der Waals surface area contributed by atoms with Gasteiger partial charge in [-0.2, -0.15) is 26.0 Å². The third-order valence-electron chi connectivity index (χ3n) is 6.61. The van der Waals surface area contributed by atoms with Crippen molar-refractivity contribution in [3.63, 3.8) is 0 Å². The Morgan fingerprint density at radius 1 is 1.03 bits per heavy atom. The number of hydrogen-bond donors (Lipinski definition) is 3. The van der Waals surface area contributed by atoms with Crippen LogP contribution in [-0.2, 0) is 24.4 Å². The van der Waals surface area contributed by atoms with Crippen molar-refractivity contribution in [3.05, 3.63) is 12.2 Å². The monoisotopic (exact) mass is 504 g/mol. The molecule has 3 N–H and O–H groups in total. The lowest BCUT2D eigenvalue weighted by atomic mass is 9.50. The smallest absolute Gasteiger partial charge is 0.431 e. The number of aliphatic hydroxyl groups is 2. The van der Waals surface area contributed by atoms with Gasteiger partial charge in [0.15, 0.2) is 0 Å². The third kappa shape index (κ3) is 5.37. The van der Waals surface area contributed by atoms with E-state index in [2.05, 4.69) is 6.58 Å². The molecule has 4 aliphatic rings. The Balaban J connectivity index is 1.41. The molecule has 2 unspecified atom stereocenters. The Hall–Kier alpha value is -1.28. The van der Waals surface area contributed by atoms with Crippen molar-refractivity contribution in [3.8, 4) is 0 Å². The maximum atomic E-state index is 13.4. The van der Waals surface area contributed by atoms with Gasteiger partial charge in [0.1, 0.15) is 5.60 Å². The zero-order chi connectivity index (χ0) is 24.9. The Bertz CT molecular complexity index is 888. The van der Waals surface area contributed by atoms with Crippen LogP contribution in [0.4, 0.5) is 17.6 Å². The van der Waals surface area contributed by atoms with E-state index in [1.807, 2.05) is 0 Å². The zero-order valence-electron chi connectivity index (χ0n) is 17.9. The standard InChI is InChI=1S/C20H28F4O8S/c1-13(9-31-5-3-2-4-19(21,22)20(23,24)33(28,29)30)15(25)32-18-8-14-6-16(26,11-18)10-17(27,7-14)12-18/h14,26-27H,1-12H2,(H,28,29,30). The first-order chi connectivity index (χ1) is 14.9. The molecular weight excluding hydrogens is 476 g/mol. The molecule has 4 fully saturated rings. The van der Waals surface area contributed by atoms with E-state index in [1.165, 1.54) is 0 Å². The van der Waals surface area contributed by atoms with Crippen LogP contribution >= 0.6 is 0 Å². The summed E-state index contributed by atoms with van der Waals surface area (Å²) in [7, 11) is -6.26. The molecule has 2 atom stereocenters. The molecule has 0 radical (unpaired) electrons. The van der Waals surface area contributed by atoms with Crippen LogP contribution in [0.3, 0.4) is 0 Å².